The monoisotopic (exact) mass is 315 g/mol. The smallest absolute Gasteiger partial charge is 0.335 e. The third kappa shape index (κ3) is 4.47. The molecule has 0 bridgehead atoms. The van der Waals surface area contributed by atoms with Gasteiger partial charge in [-0.1, -0.05) is 0 Å². The van der Waals surface area contributed by atoms with Crippen molar-refractivity contribution >= 4 is 17.6 Å². The van der Waals surface area contributed by atoms with Gasteiger partial charge in [0.25, 0.3) is 5.91 Å². The molecule has 0 spiro atoms. The van der Waals surface area contributed by atoms with Crippen molar-refractivity contribution < 1.29 is 24.2 Å². The fourth-order valence-corrected chi connectivity index (χ4v) is 1.94. The largest absolute Gasteiger partial charge is 0.497 e. The summed E-state index contributed by atoms with van der Waals surface area (Å²) in [6, 6.07) is 11.4. The Morgan fingerprint density at radius 1 is 1.09 bits per heavy atom. The number of rotatable bonds is 6. The van der Waals surface area contributed by atoms with Crippen LogP contribution in [0, 0.1) is 6.92 Å². The average Bonchev–Trinajstić information content (AvgIpc) is 2.55. The van der Waals surface area contributed by atoms with Gasteiger partial charge in [-0.2, -0.15) is 0 Å². The fraction of sp³-hybridized carbons (Fsp3) is 0.176. The van der Waals surface area contributed by atoms with Crippen LogP contribution in [-0.4, -0.2) is 30.7 Å². The topological polar surface area (TPSA) is 84.9 Å². The van der Waals surface area contributed by atoms with Crippen LogP contribution in [0.2, 0.25) is 0 Å². The van der Waals surface area contributed by atoms with E-state index in [1.54, 1.807) is 44.4 Å². The maximum absolute atomic E-state index is 11.9. The van der Waals surface area contributed by atoms with E-state index in [0.29, 0.717) is 22.7 Å². The van der Waals surface area contributed by atoms with E-state index in [1.807, 2.05) is 0 Å². The molecule has 2 rings (SSSR count). The minimum Gasteiger partial charge on any atom is -0.497 e. The van der Waals surface area contributed by atoms with Crippen molar-refractivity contribution in [3.05, 3.63) is 53.6 Å². The Morgan fingerprint density at radius 2 is 1.74 bits per heavy atom. The van der Waals surface area contributed by atoms with E-state index < -0.39 is 5.97 Å². The number of aryl methyl sites for hydroxylation is 1. The number of hydrogen-bond acceptors (Lipinski definition) is 4. The Labute approximate surface area is 133 Å². The number of carbonyl (C=O) groups excluding carboxylic acids is 1. The standard InChI is InChI=1S/C17H17NO5/c1-11-9-12(17(20)21)3-8-15(11)18-16(19)10-23-14-6-4-13(22-2)5-7-14/h3-9H,10H2,1-2H3,(H,18,19)(H,20,21). The lowest BCUT2D eigenvalue weighted by Gasteiger charge is -2.10. The van der Waals surface area contributed by atoms with Crippen LogP contribution >= 0.6 is 0 Å². The molecule has 120 valence electrons. The summed E-state index contributed by atoms with van der Waals surface area (Å²) in [5.41, 5.74) is 1.40. The Hall–Kier alpha value is -3.02. The summed E-state index contributed by atoms with van der Waals surface area (Å²) in [5.74, 6) is -0.0735. The molecule has 2 N–H and O–H groups in total. The number of nitrogens with one attached hydrogen (secondary N) is 1. The third-order valence-corrected chi connectivity index (χ3v) is 3.18. The fourth-order valence-electron chi connectivity index (χ4n) is 1.94. The molecule has 2 aromatic carbocycles. The average molecular weight is 315 g/mol. The molecular weight excluding hydrogens is 298 g/mol. The van der Waals surface area contributed by atoms with Gasteiger partial charge in [0.1, 0.15) is 11.5 Å². The molecule has 6 nitrogen and oxygen atoms in total. The molecule has 0 fully saturated rings. The number of carboxylic acid groups (broad SMARTS) is 1. The van der Waals surface area contributed by atoms with E-state index in [-0.39, 0.29) is 18.1 Å². The first-order valence-electron chi connectivity index (χ1n) is 6.90. The molecule has 0 heterocycles. The summed E-state index contributed by atoms with van der Waals surface area (Å²) in [6.07, 6.45) is 0. The SMILES string of the molecule is COc1ccc(OCC(=O)Nc2ccc(C(=O)O)cc2C)cc1. The Kier molecular flexibility index (Phi) is 5.19. The molecule has 6 heteroatoms. The zero-order valence-electron chi connectivity index (χ0n) is 12.8. The molecule has 0 atom stereocenters. The molecule has 0 saturated heterocycles. The Morgan fingerprint density at radius 3 is 2.30 bits per heavy atom. The lowest BCUT2D eigenvalue weighted by molar-refractivity contribution is -0.118. The number of amides is 1. The van der Waals surface area contributed by atoms with Crippen LogP contribution in [0.3, 0.4) is 0 Å². The molecule has 1 amide bonds. The van der Waals surface area contributed by atoms with Gasteiger partial charge in [0.15, 0.2) is 6.61 Å². The van der Waals surface area contributed by atoms with Crippen molar-refractivity contribution in [2.75, 3.05) is 19.0 Å². The van der Waals surface area contributed by atoms with Gasteiger partial charge in [-0.3, -0.25) is 4.79 Å². The summed E-state index contributed by atoms with van der Waals surface area (Å²) >= 11 is 0. The minimum atomic E-state index is -1.01. The van der Waals surface area contributed by atoms with Crippen molar-refractivity contribution in [3.8, 4) is 11.5 Å². The second-order valence-corrected chi connectivity index (χ2v) is 4.85. The molecule has 0 aromatic heterocycles. The summed E-state index contributed by atoms with van der Waals surface area (Å²) in [4.78, 5) is 22.8. The second kappa shape index (κ2) is 7.31. The Bertz CT molecular complexity index is 709. The highest BCUT2D eigenvalue weighted by Gasteiger charge is 2.09. The van der Waals surface area contributed by atoms with E-state index in [1.165, 1.54) is 12.1 Å². The molecule has 0 aliphatic heterocycles. The van der Waals surface area contributed by atoms with E-state index in [9.17, 15) is 9.59 Å². The molecule has 0 unspecified atom stereocenters. The highest BCUT2D eigenvalue weighted by molar-refractivity contribution is 5.94. The number of carboxylic acids is 1. The number of hydrogen-bond donors (Lipinski definition) is 2. The number of carbonyl (C=O) groups is 2. The molecule has 0 saturated carbocycles. The first-order chi connectivity index (χ1) is 11.0. The van der Waals surface area contributed by atoms with Gasteiger partial charge in [-0.05, 0) is 55.0 Å². The third-order valence-electron chi connectivity index (χ3n) is 3.18. The van der Waals surface area contributed by atoms with Gasteiger partial charge < -0.3 is 19.9 Å². The summed E-state index contributed by atoms with van der Waals surface area (Å²) in [7, 11) is 1.57. The second-order valence-electron chi connectivity index (χ2n) is 4.85. The van der Waals surface area contributed by atoms with Crippen LogP contribution in [0.5, 0.6) is 11.5 Å². The van der Waals surface area contributed by atoms with Crippen LogP contribution in [0.15, 0.2) is 42.5 Å². The molecule has 0 aliphatic rings. The quantitative estimate of drug-likeness (QED) is 0.856. The normalized spacial score (nSPS) is 10.0. The summed E-state index contributed by atoms with van der Waals surface area (Å²) in [5, 5.41) is 11.6. The molecule has 2 aromatic rings. The van der Waals surface area contributed by atoms with Crippen LogP contribution in [-0.2, 0) is 4.79 Å². The first-order valence-corrected chi connectivity index (χ1v) is 6.90. The maximum Gasteiger partial charge on any atom is 0.335 e. The number of ether oxygens (including phenoxy) is 2. The van der Waals surface area contributed by atoms with Gasteiger partial charge in [-0.25, -0.2) is 4.79 Å². The predicted octanol–water partition coefficient (Wildman–Crippen LogP) is 2.72. The molecule has 0 radical (unpaired) electrons. The highest BCUT2D eigenvalue weighted by Crippen LogP contribution is 2.18. The van der Waals surface area contributed by atoms with Crippen molar-refractivity contribution in [1.29, 1.82) is 0 Å². The number of anilines is 1. The van der Waals surface area contributed by atoms with Crippen molar-refractivity contribution in [2.45, 2.75) is 6.92 Å². The zero-order valence-corrected chi connectivity index (χ0v) is 12.8. The highest BCUT2D eigenvalue weighted by atomic mass is 16.5. The van der Waals surface area contributed by atoms with Crippen molar-refractivity contribution in [1.82, 2.24) is 0 Å². The maximum atomic E-state index is 11.9. The minimum absolute atomic E-state index is 0.146. The number of aromatic carboxylic acids is 1. The van der Waals surface area contributed by atoms with E-state index in [2.05, 4.69) is 5.32 Å². The summed E-state index contributed by atoms with van der Waals surface area (Å²) < 4.78 is 10.4. The van der Waals surface area contributed by atoms with Crippen molar-refractivity contribution in [3.63, 3.8) is 0 Å². The lowest BCUT2D eigenvalue weighted by Crippen LogP contribution is -2.20. The van der Waals surface area contributed by atoms with Crippen LogP contribution in [0.4, 0.5) is 5.69 Å². The van der Waals surface area contributed by atoms with Gasteiger partial charge in [-0.15, -0.1) is 0 Å². The molecule has 0 aliphatic carbocycles. The molecular formula is C17H17NO5. The number of methoxy groups -OCH3 is 1. The van der Waals surface area contributed by atoms with Crippen LogP contribution < -0.4 is 14.8 Å². The van der Waals surface area contributed by atoms with Crippen LogP contribution in [0.25, 0.3) is 0 Å². The van der Waals surface area contributed by atoms with E-state index in [0.717, 1.165) is 0 Å². The predicted molar refractivity (Wildman–Crippen MR) is 85.3 cm³/mol. The lowest BCUT2D eigenvalue weighted by atomic mass is 10.1. The van der Waals surface area contributed by atoms with Crippen molar-refractivity contribution in [2.24, 2.45) is 0 Å². The van der Waals surface area contributed by atoms with E-state index >= 15 is 0 Å². The first kappa shape index (κ1) is 16.4. The number of benzene rings is 2. The Balaban J connectivity index is 1.92. The van der Waals surface area contributed by atoms with Gasteiger partial charge in [0, 0.05) is 5.69 Å². The summed E-state index contributed by atoms with van der Waals surface area (Å²) in [6.45, 7) is 1.58. The van der Waals surface area contributed by atoms with E-state index in [4.69, 9.17) is 14.6 Å². The van der Waals surface area contributed by atoms with Gasteiger partial charge in [0.2, 0.25) is 0 Å². The van der Waals surface area contributed by atoms with Gasteiger partial charge >= 0.3 is 5.97 Å². The van der Waals surface area contributed by atoms with Gasteiger partial charge in [0.05, 0.1) is 12.7 Å². The zero-order chi connectivity index (χ0) is 16.8. The molecule has 23 heavy (non-hydrogen) atoms. The van der Waals surface area contributed by atoms with Crippen LogP contribution in [0.1, 0.15) is 15.9 Å².